The average molecular weight is 700 g/mol. The van der Waals surface area contributed by atoms with Crippen molar-refractivity contribution in [2.75, 3.05) is 56.9 Å². The zero-order valence-electron chi connectivity index (χ0n) is 31.9. The van der Waals surface area contributed by atoms with Crippen LogP contribution in [0.4, 0.5) is 0 Å². The van der Waals surface area contributed by atoms with Crippen LogP contribution in [-0.4, -0.2) is 56.9 Å². The fraction of sp³-hybridized carbons (Fsp3) is 0.429. The molecule has 0 heterocycles. The summed E-state index contributed by atoms with van der Waals surface area (Å²) in [6, 6.07) is 15.9. The van der Waals surface area contributed by atoms with Gasteiger partial charge in [-0.2, -0.15) is 0 Å². The first-order chi connectivity index (χ1) is 24.7. The molecule has 8 bridgehead atoms. The minimum atomic E-state index is -0.627. The van der Waals surface area contributed by atoms with Crippen LogP contribution in [0, 0.1) is 0 Å². The number of hydrogen-bond acceptors (Lipinski definition) is 9. The molecule has 0 fully saturated rings. The number of rotatable bonds is 11. The standard InChI is InChI=1S/C42H53NO8/c1-12-23-26-15-28(36(46-6)19-34(26)44-4)24(13-2)30-17-32(40(50-10)21-38(30)48-8)42(43)33-18-31(39(49-9)22-41(33)51-11)25(14-3)29-16-27(23)35(45-5)20-37(29)47-7/h15-25,42H,12-14,43H2,1-11H3/t23?,24-,25+,42?. The Labute approximate surface area is 302 Å². The SMILES string of the molecule is CCC1c2cc(c(OC)cc2OC)[C@H](CC)c2cc(c(OC)cc2OC)C(N)c2cc(c(OC)cc2OC)[C@H](CC)c2cc1c(OC)cc2OC. The Kier molecular flexibility index (Phi) is 11.8. The molecule has 9 heteroatoms. The number of methoxy groups -OCH3 is 8. The maximum Gasteiger partial charge on any atom is 0.127 e. The van der Waals surface area contributed by atoms with E-state index in [1.165, 1.54) is 0 Å². The summed E-state index contributed by atoms with van der Waals surface area (Å²) in [6.07, 6.45) is 2.28. The lowest BCUT2D eigenvalue weighted by atomic mass is 9.79. The largest absolute Gasteiger partial charge is 0.496 e. The van der Waals surface area contributed by atoms with Gasteiger partial charge in [-0.15, -0.1) is 0 Å². The van der Waals surface area contributed by atoms with Gasteiger partial charge in [0.05, 0.1) is 62.9 Å². The molecule has 0 aliphatic heterocycles. The van der Waals surface area contributed by atoms with Crippen molar-refractivity contribution in [3.8, 4) is 46.0 Å². The molecule has 1 aliphatic rings. The van der Waals surface area contributed by atoms with Crippen molar-refractivity contribution < 1.29 is 37.9 Å². The van der Waals surface area contributed by atoms with Gasteiger partial charge in [-0.25, -0.2) is 0 Å². The first-order valence-electron chi connectivity index (χ1n) is 17.5. The van der Waals surface area contributed by atoms with E-state index in [2.05, 4.69) is 45.0 Å². The van der Waals surface area contributed by atoms with Gasteiger partial charge in [0.15, 0.2) is 0 Å². The molecule has 2 unspecified atom stereocenters. The fourth-order valence-corrected chi connectivity index (χ4v) is 7.91. The highest BCUT2D eigenvalue weighted by atomic mass is 16.5. The summed E-state index contributed by atoms with van der Waals surface area (Å²) in [5.41, 5.74) is 14.9. The van der Waals surface area contributed by atoms with Crippen molar-refractivity contribution in [3.63, 3.8) is 0 Å². The van der Waals surface area contributed by atoms with E-state index >= 15 is 0 Å². The maximum atomic E-state index is 7.28. The molecule has 51 heavy (non-hydrogen) atoms. The van der Waals surface area contributed by atoms with Crippen LogP contribution in [-0.2, 0) is 0 Å². The van der Waals surface area contributed by atoms with Crippen molar-refractivity contribution in [3.05, 3.63) is 93.0 Å². The van der Waals surface area contributed by atoms with Gasteiger partial charge in [0.2, 0.25) is 0 Å². The molecule has 0 saturated heterocycles. The molecule has 1 aliphatic carbocycles. The second kappa shape index (κ2) is 16.1. The molecule has 2 N–H and O–H groups in total. The van der Waals surface area contributed by atoms with Gasteiger partial charge in [-0.05, 0) is 43.5 Å². The topological polar surface area (TPSA) is 99.9 Å². The van der Waals surface area contributed by atoms with Crippen LogP contribution in [0.15, 0.2) is 48.5 Å². The lowest BCUT2D eigenvalue weighted by molar-refractivity contribution is 0.374. The normalized spacial score (nSPS) is 18.0. The fourth-order valence-electron chi connectivity index (χ4n) is 7.91. The van der Waals surface area contributed by atoms with Crippen molar-refractivity contribution >= 4 is 0 Å². The molecule has 5 rings (SSSR count). The molecule has 274 valence electrons. The van der Waals surface area contributed by atoms with E-state index < -0.39 is 6.04 Å². The third kappa shape index (κ3) is 6.60. The molecular formula is C42H53NO8. The van der Waals surface area contributed by atoms with Gasteiger partial charge in [0.25, 0.3) is 0 Å². The number of hydrogen-bond donors (Lipinski definition) is 1. The second-order valence-electron chi connectivity index (χ2n) is 12.7. The van der Waals surface area contributed by atoms with Gasteiger partial charge < -0.3 is 43.6 Å². The lowest BCUT2D eigenvalue weighted by Crippen LogP contribution is -2.17. The molecule has 4 atom stereocenters. The van der Waals surface area contributed by atoms with E-state index in [-0.39, 0.29) is 17.8 Å². The van der Waals surface area contributed by atoms with Crippen LogP contribution in [0.3, 0.4) is 0 Å². The minimum absolute atomic E-state index is 0.0952. The quantitative estimate of drug-likeness (QED) is 0.165. The van der Waals surface area contributed by atoms with Crippen LogP contribution in [0.2, 0.25) is 0 Å². The molecule has 0 radical (unpaired) electrons. The predicted octanol–water partition coefficient (Wildman–Crippen LogP) is 8.74. The van der Waals surface area contributed by atoms with E-state index in [1.807, 2.05) is 24.3 Å². The van der Waals surface area contributed by atoms with Crippen molar-refractivity contribution in [2.45, 2.75) is 63.8 Å². The van der Waals surface area contributed by atoms with Crippen LogP contribution in [0.5, 0.6) is 46.0 Å². The van der Waals surface area contributed by atoms with Gasteiger partial charge in [-0.3, -0.25) is 0 Å². The highest BCUT2D eigenvalue weighted by Crippen LogP contribution is 2.51. The summed E-state index contributed by atoms with van der Waals surface area (Å²) < 4.78 is 48.4. The molecule has 9 nitrogen and oxygen atoms in total. The lowest BCUT2D eigenvalue weighted by Gasteiger charge is -2.30. The van der Waals surface area contributed by atoms with Crippen molar-refractivity contribution in [1.29, 1.82) is 0 Å². The van der Waals surface area contributed by atoms with Gasteiger partial charge in [0.1, 0.15) is 46.0 Å². The maximum absolute atomic E-state index is 7.28. The Morgan fingerprint density at radius 3 is 0.686 bits per heavy atom. The molecular weight excluding hydrogens is 646 g/mol. The number of fused-ring (bicyclic) bond motifs is 8. The molecule has 0 spiro atoms. The highest BCUT2D eigenvalue weighted by molar-refractivity contribution is 5.63. The summed E-state index contributed by atoms with van der Waals surface area (Å²) in [5, 5.41) is 0. The molecule has 4 aromatic carbocycles. The minimum Gasteiger partial charge on any atom is -0.496 e. The third-order valence-corrected chi connectivity index (χ3v) is 10.5. The Balaban J connectivity index is 2.01. The molecule has 0 saturated carbocycles. The second-order valence-corrected chi connectivity index (χ2v) is 12.7. The predicted molar refractivity (Wildman–Crippen MR) is 201 cm³/mol. The van der Waals surface area contributed by atoms with Gasteiger partial charge >= 0.3 is 0 Å². The Hall–Kier alpha value is -4.76. The monoisotopic (exact) mass is 699 g/mol. The molecule has 0 amide bonds. The number of ether oxygens (including phenoxy) is 8. The first-order valence-corrected chi connectivity index (χ1v) is 17.5. The summed E-state index contributed by atoms with van der Waals surface area (Å²) in [7, 11) is 13.4. The summed E-state index contributed by atoms with van der Waals surface area (Å²) in [5.74, 6) is 5.15. The first kappa shape index (κ1) is 37.5. The van der Waals surface area contributed by atoms with Crippen molar-refractivity contribution in [2.24, 2.45) is 5.73 Å². The number of benzene rings is 4. The van der Waals surface area contributed by atoms with E-state index in [1.54, 1.807) is 56.9 Å². The summed E-state index contributed by atoms with van der Waals surface area (Å²) >= 11 is 0. The Morgan fingerprint density at radius 2 is 0.510 bits per heavy atom. The zero-order chi connectivity index (χ0) is 37.0. The van der Waals surface area contributed by atoms with E-state index in [9.17, 15) is 0 Å². The van der Waals surface area contributed by atoms with Crippen LogP contribution in [0.1, 0.15) is 108 Å². The third-order valence-electron chi connectivity index (χ3n) is 10.5. The average Bonchev–Trinajstić information content (AvgIpc) is 3.17. The van der Waals surface area contributed by atoms with Gasteiger partial charge in [0, 0.05) is 86.5 Å². The smallest absolute Gasteiger partial charge is 0.127 e. The highest BCUT2D eigenvalue weighted by Gasteiger charge is 2.32. The van der Waals surface area contributed by atoms with E-state index in [0.29, 0.717) is 23.0 Å². The Morgan fingerprint density at radius 1 is 0.333 bits per heavy atom. The summed E-state index contributed by atoms with van der Waals surface area (Å²) in [4.78, 5) is 0. The summed E-state index contributed by atoms with van der Waals surface area (Å²) in [6.45, 7) is 6.51. The van der Waals surface area contributed by atoms with Crippen molar-refractivity contribution in [1.82, 2.24) is 0 Å². The molecule has 4 aromatic rings. The van der Waals surface area contributed by atoms with Crippen LogP contribution >= 0.6 is 0 Å². The Bertz CT molecular complexity index is 1720. The number of nitrogens with two attached hydrogens (primary N) is 1. The van der Waals surface area contributed by atoms with E-state index in [0.717, 1.165) is 86.8 Å². The van der Waals surface area contributed by atoms with Crippen LogP contribution in [0.25, 0.3) is 0 Å². The zero-order valence-corrected chi connectivity index (χ0v) is 31.9. The van der Waals surface area contributed by atoms with Crippen LogP contribution < -0.4 is 43.6 Å². The van der Waals surface area contributed by atoms with E-state index in [4.69, 9.17) is 43.6 Å². The van der Waals surface area contributed by atoms with Gasteiger partial charge in [-0.1, -0.05) is 20.8 Å². The molecule has 0 aromatic heterocycles.